The minimum absolute atomic E-state index is 0.0806. The number of allylic oxidation sites excluding steroid dienone is 2. The Balaban J connectivity index is 2.06. The molecule has 0 saturated carbocycles. The second kappa shape index (κ2) is 6.25. The maximum Gasteiger partial charge on any atom is 0.217 e. The van der Waals surface area contributed by atoms with Gasteiger partial charge < -0.3 is 4.74 Å². The van der Waals surface area contributed by atoms with Crippen molar-refractivity contribution >= 4 is 15.9 Å². The SMILES string of the molecule is CC1CC=CCC1COc1cc(Br)nc(C(C)(C)C)n1. The van der Waals surface area contributed by atoms with Gasteiger partial charge in [-0.2, -0.15) is 4.98 Å². The van der Waals surface area contributed by atoms with Crippen LogP contribution in [0, 0.1) is 11.8 Å². The van der Waals surface area contributed by atoms with Gasteiger partial charge in [0.15, 0.2) is 0 Å². The average Bonchev–Trinajstić information content (AvgIpc) is 2.36. The first-order valence-corrected chi connectivity index (χ1v) is 7.98. The van der Waals surface area contributed by atoms with E-state index in [1.807, 2.05) is 6.07 Å². The third kappa shape index (κ3) is 4.05. The van der Waals surface area contributed by atoms with Gasteiger partial charge in [-0.25, -0.2) is 4.98 Å². The van der Waals surface area contributed by atoms with E-state index in [-0.39, 0.29) is 5.41 Å². The monoisotopic (exact) mass is 338 g/mol. The molecule has 0 N–H and O–H groups in total. The molecule has 0 bridgehead atoms. The zero-order valence-electron chi connectivity index (χ0n) is 12.7. The molecule has 1 aromatic heterocycles. The maximum absolute atomic E-state index is 5.92. The minimum Gasteiger partial charge on any atom is -0.477 e. The van der Waals surface area contributed by atoms with Crippen LogP contribution in [0.4, 0.5) is 0 Å². The Labute approximate surface area is 130 Å². The van der Waals surface area contributed by atoms with Gasteiger partial charge >= 0.3 is 0 Å². The van der Waals surface area contributed by atoms with E-state index >= 15 is 0 Å². The molecule has 0 aliphatic heterocycles. The quantitative estimate of drug-likeness (QED) is 0.600. The first-order valence-electron chi connectivity index (χ1n) is 7.19. The number of hydrogen-bond acceptors (Lipinski definition) is 3. The summed E-state index contributed by atoms with van der Waals surface area (Å²) in [5.41, 5.74) is -0.0806. The maximum atomic E-state index is 5.92. The van der Waals surface area contributed by atoms with Crippen LogP contribution < -0.4 is 4.74 Å². The molecule has 0 radical (unpaired) electrons. The Morgan fingerprint density at radius 1 is 1.25 bits per heavy atom. The third-order valence-electron chi connectivity index (χ3n) is 3.71. The van der Waals surface area contributed by atoms with E-state index in [0.717, 1.165) is 29.9 Å². The molecule has 0 spiro atoms. The van der Waals surface area contributed by atoms with E-state index in [9.17, 15) is 0 Å². The highest BCUT2D eigenvalue weighted by Crippen LogP contribution is 2.27. The standard InChI is InChI=1S/C16H23BrN2O/c1-11-7-5-6-8-12(11)10-20-14-9-13(17)18-15(19-14)16(2,3)4/h5-6,9,11-12H,7-8,10H2,1-4H3. The van der Waals surface area contributed by atoms with Crippen molar-refractivity contribution in [2.45, 2.75) is 46.0 Å². The summed E-state index contributed by atoms with van der Waals surface area (Å²) in [7, 11) is 0. The Bertz CT molecular complexity index is 494. The minimum atomic E-state index is -0.0806. The summed E-state index contributed by atoms with van der Waals surface area (Å²) in [6, 6.07) is 1.85. The molecular weight excluding hydrogens is 316 g/mol. The molecule has 2 unspecified atom stereocenters. The Morgan fingerprint density at radius 2 is 1.95 bits per heavy atom. The smallest absolute Gasteiger partial charge is 0.217 e. The van der Waals surface area contributed by atoms with Crippen molar-refractivity contribution in [3.63, 3.8) is 0 Å². The van der Waals surface area contributed by atoms with Crippen molar-refractivity contribution in [1.29, 1.82) is 0 Å². The molecule has 0 aromatic carbocycles. The van der Waals surface area contributed by atoms with E-state index in [1.165, 1.54) is 0 Å². The van der Waals surface area contributed by atoms with Gasteiger partial charge in [0.25, 0.3) is 0 Å². The summed E-state index contributed by atoms with van der Waals surface area (Å²) in [6.45, 7) is 9.32. The summed E-state index contributed by atoms with van der Waals surface area (Å²) in [5, 5.41) is 0. The van der Waals surface area contributed by atoms with Crippen molar-refractivity contribution in [2.24, 2.45) is 11.8 Å². The molecule has 1 aromatic rings. The largest absolute Gasteiger partial charge is 0.477 e. The summed E-state index contributed by atoms with van der Waals surface area (Å²) in [4.78, 5) is 8.96. The number of rotatable bonds is 3. The van der Waals surface area contributed by atoms with Crippen LogP contribution in [-0.4, -0.2) is 16.6 Å². The second-order valence-corrected chi connectivity index (χ2v) is 7.41. The molecule has 4 heteroatoms. The predicted molar refractivity (Wildman–Crippen MR) is 85.0 cm³/mol. The van der Waals surface area contributed by atoms with Gasteiger partial charge in [-0.05, 0) is 40.6 Å². The molecule has 2 rings (SSSR count). The number of ether oxygens (including phenoxy) is 1. The number of halogens is 1. The molecule has 3 nitrogen and oxygen atoms in total. The van der Waals surface area contributed by atoms with E-state index in [1.54, 1.807) is 0 Å². The van der Waals surface area contributed by atoms with Crippen molar-refractivity contribution in [1.82, 2.24) is 9.97 Å². The number of nitrogens with zero attached hydrogens (tertiary/aromatic N) is 2. The van der Waals surface area contributed by atoms with Crippen LogP contribution >= 0.6 is 15.9 Å². The van der Waals surface area contributed by atoms with Crippen molar-refractivity contribution in [3.05, 3.63) is 28.6 Å². The third-order valence-corrected chi connectivity index (χ3v) is 4.11. The zero-order valence-corrected chi connectivity index (χ0v) is 14.3. The van der Waals surface area contributed by atoms with Gasteiger partial charge in [-0.1, -0.05) is 39.8 Å². The molecule has 0 fully saturated rings. The molecule has 1 aliphatic carbocycles. The molecular formula is C16H23BrN2O. The molecule has 0 saturated heterocycles. The van der Waals surface area contributed by atoms with Crippen LogP contribution in [-0.2, 0) is 5.41 Å². The van der Waals surface area contributed by atoms with Gasteiger partial charge in [-0.3, -0.25) is 0 Å². The second-order valence-electron chi connectivity index (χ2n) is 6.59. The lowest BCUT2D eigenvalue weighted by Gasteiger charge is -2.25. The molecule has 1 heterocycles. The highest BCUT2D eigenvalue weighted by Gasteiger charge is 2.21. The van der Waals surface area contributed by atoms with Crippen LogP contribution in [0.15, 0.2) is 22.8 Å². The van der Waals surface area contributed by atoms with Crippen LogP contribution in [0.1, 0.15) is 46.4 Å². The van der Waals surface area contributed by atoms with Crippen LogP contribution in [0.25, 0.3) is 0 Å². The lowest BCUT2D eigenvalue weighted by Crippen LogP contribution is -2.22. The van der Waals surface area contributed by atoms with Crippen LogP contribution in [0.3, 0.4) is 0 Å². The van der Waals surface area contributed by atoms with Crippen molar-refractivity contribution in [3.8, 4) is 5.88 Å². The molecule has 0 amide bonds. The lowest BCUT2D eigenvalue weighted by molar-refractivity contribution is 0.191. The molecule has 110 valence electrons. The van der Waals surface area contributed by atoms with Crippen LogP contribution in [0.5, 0.6) is 5.88 Å². The fourth-order valence-electron chi connectivity index (χ4n) is 2.24. The van der Waals surface area contributed by atoms with Gasteiger partial charge in [-0.15, -0.1) is 0 Å². The lowest BCUT2D eigenvalue weighted by atomic mass is 9.85. The number of aromatic nitrogens is 2. The molecule has 1 aliphatic rings. The number of hydrogen-bond donors (Lipinski definition) is 0. The van der Waals surface area contributed by atoms with Crippen LogP contribution in [0.2, 0.25) is 0 Å². The topological polar surface area (TPSA) is 35.0 Å². The first-order chi connectivity index (χ1) is 9.36. The average molecular weight is 339 g/mol. The Hall–Kier alpha value is -0.900. The zero-order chi connectivity index (χ0) is 14.8. The first kappa shape index (κ1) is 15.5. The molecule has 2 atom stereocenters. The highest BCUT2D eigenvalue weighted by molar-refractivity contribution is 9.10. The van der Waals surface area contributed by atoms with Gasteiger partial charge in [0.1, 0.15) is 10.4 Å². The van der Waals surface area contributed by atoms with Gasteiger partial charge in [0, 0.05) is 11.5 Å². The fourth-order valence-corrected chi connectivity index (χ4v) is 2.60. The van der Waals surface area contributed by atoms with E-state index in [0.29, 0.717) is 17.7 Å². The Kier molecular flexibility index (Phi) is 4.84. The van der Waals surface area contributed by atoms with Gasteiger partial charge in [0.2, 0.25) is 5.88 Å². The summed E-state index contributed by atoms with van der Waals surface area (Å²) in [5.74, 6) is 2.72. The van der Waals surface area contributed by atoms with Crippen molar-refractivity contribution in [2.75, 3.05) is 6.61 Å². The summed E-state index contributed by atoms with van der Waals surface area (Å²) >= 11 is 3.44. The molecule has 20 heavy (non-hydrogen) atoms. The Morgan fingerprint density at radius 3 is 2.60 bits per heavy atom. The van der Waals surface area contributed by atoms with E-state index in [4.69, 9.17) is 4.74 Å². The highest BCUT2D eigenvalue weighted by atomic mass is 79.9. The van der Waals surface area contributed by atoms with E-state index in [2.05, 4.69) is 65.7 Å². The predicted octanol–water partition coefficient (Wildman–Crippen LogP) is 4.52. The fraction of sp³-hybridized carbons (Fsp3) is 0.625. The normalized spacial score (nSPS) is 22.9. The van der Waals surface area contributed by atoms with Gasteiger partial charge in [0.05, 0.1) is 6.61 Å². The summed E-state index contributed by atoms with van der Waals surface area (Å²) in [6.07, 6.45) is 6.76. The van der Waals surface area contributed by atoms with Crippen molar-refractivity contribution < 1.29 is 4.74 Å². The van der Waals surface area contributed by atoms with E-state index < -0.39 is 0 Å². The summed E-state index contributed by atoms with van der Waals surface area (Å²) < 4.78 is 6.70.